The van der Waals surface area contributed by atoms with Gasteiger partial charge in [-0.2, -0.15) is 0 Å². The molecule has 12 heteroatoms. The minimum absolute atomic E-state index is 0.00708. The Bertz CT molecular complexity index is 1400. The van der Waals surface area contributed by atoms with E-state index >= 15 is 0 Å². The number of carbonyl (C=O) groups excluding carboxylic acids is 1. The van der Waals surface area contributed by atoms with Crippen molar-refractivity contribution in [3.8, 4) is 40.3 Å². The van der Waals surface area contributed by atoms with Crippen molar-refractivity contribution < 1.29 is 51.5 Å². The van der Waals surface area contributed by atoms with Crippen molar-refractivity contribution in [1.82, 2.24) is 0 Å². The number of fused-ring (bicyclic) bond motifs is 1. The summed E-state index contributed by atoms with van der Waals surface area (Å²) in [6.07, 6.45) is 1.39. The lowest BCUT2D eigenvalue weighted by Gasteiger charge is -2.14. The molecule has 0 unspecified atom stereocenters. The Morgan fingerprint density at radius 3 is 2.06 bits per heavy atom. The molecule has 2 N–H and O–H groups in total. The van der Waals surface area contributed by atoms with Gasteiger partial charge in [-0.3, -0.25) is 14.6 Å². The highest BCUT2D eigenvalue weighted by Crippen LogP contribution is 2.49. The van der Waals surface area contributed by atoms with Gasteiger partial charge in [0.05, 0.1) is 40.3 Å². The topological polar surface area (TPSA) is 147 Å². The first-order chi connectivity index (χ1) is 16.7. The molecule has 0 fully saturated rings. The first kappa shape index (κ1) is 24.2. The number of benzene rings is 2. The van der Waals surface area contributed by atoms with Gasteiger partial charge in [0.2, 0.25) is 11.5 Å². The van der Waals surface area contributed by atoms with E-state index in [0.717, 1.165) is 0 Å². The Balaban J connectivity index is 2.02. The van der Waals surface area contributed by atoms with Gasteiger partial charge >= 0.3 is 7.82 Å². The molecule has 2 aromatic heterocycles. The molecule has 0 aliphatic carbocycles. The summed E-state index contributed by atoms with van der Waals surface area (Å²) in [6, 6.07) is 9.05. The van der Waals surface area contributed by atoms with Crippen molar-refractivity contribution in [3.63, 3.8) is 0 Å². The Kier molecular flexibility index (Phi) is 6.49. The summed E-state index contributed by atoms with van der Waals surface area (Å²) in [5, 5.41) is 0.208. The number of ether oxygens (including phenoxy) is 4. The van der Waals surface area contributed by atoms with Crippen LogP contribution < -0.4 is 23.5 Å². The van der Waals surface area contributed by atoms with Crippen LogP contribution >= 0.6 is 7.82 Å². The molecule has 11 nitrogen and oxygen atoms in total. The monoisotopic (exact) mass is 504 g/mol. The molecule has 0 aliphatic heterocycles. The van der Waals surface area contributed by atoms with Crippen LogP contribution in [0, 0.1) is 0 Å². The summed E-state index contributed by atoms with van der Waals surface area (Å²) in [5.41, 5.74) is 0.112. The first-order valence-electron chi connectivity index (χ1n) is 9.99. The van der Waals surface area contributed by atoms with E-state index in [1.165, 1.54) is 59.0 Å². The largest absolute Gasteiger partial charge is 0.525 e. The maximum Gasteiger partial charge on any atom is 0.525 e. The van der Waals surface area contributed by atoms with Gasteiger partial charge < -0.3 is 32.3 Å². The lowest BCUT2D eigenvalue weighted by Crippen LogP contribution is -2.05. The van der Waals surface area contributed by atoms with Gasteiger partial charge in [-0.15, -0.1) is 0 Å². The Morgan fingerprint density at radius 2 is 1.54 bits per heavy atom. The molecule has 0 aliphatic rings. The summed E-state index contributed by atoms with van der Waals surface area (Å²) in [4.78, 5) is 32.7. The predicted octanol–water partition coefficient (Wildman–Crippen LogP) is 4.43. The highest BCUT2D eigenvalue weighted by Gasteiger charge is 2.31. The van der Waals surface area contributed by atoms with E-state index in [2.05, 4.69) is 0 Å². The predicted molar refractivity (Wildman–Crippen MR) is 123 cm³/mol. The molecular weight excluding hydrogens is 483 g/mol. The third-order valence-corrected chi connectivity index (χ3v) is 5.53. The lowest BCUT2D eigenvalue weighted by atomic mass is 9.98. The Labute approximate surface area is 199 Å². The summed E-state index contributed by atoms with van der Waals surface area (Å²) in [5.74, 6) is 0.163. The standard InChI is InChI=1S/C23H21O11P/c1-28-14-8-7-13-18(19(24)12-10-16(29-2)21(31-4)17(11-12)30-3)22(15-6-5-9-32-15)33-20(13)23(14)34-35(25,26)27/h5-11H,1-4H3,(H2,25,26,27). The third-order valence-electron chi connectivity index (χ3n) is 5.11. The number of hydrogen-bond acceptors (Lipinski definition) is 9. The molecule has 0 bridgehead atoms. The maximum absolute atomic E-state index is 13.8. The second kappa shape index (κ2) is 9.38. The van der Waals surface area contributed by atoms with Crippen molar-refractivity contribution in [3.05, 3.63) is 53.8 Å². The quantitative estimate of drug-likeness (QED) is 0.246. The Hall–Kier alpha value is -3.92. The minimum Gasteiger partial charge on any atom is -0.493 e. The molecular formula is C23H21O11P. The van der Waals surface area contributed by atoms with Crippen LogP contribution in [0.5, 0.6) is 28.7 Å². The molecule has 0 spiro atoms. The molecule has 4 aromatic rings. The SMILES string of the molecule is COc1cc(C(=O)c2c(-c3ccco3)oc3c(OP(=O)(O)O)c(OC)ccc23)cc(OC)c1OC. The molecule has 2 heterocycles. The molecule has 0 atom stereocenters. The zero-order valence-corrected chi connectivity index (χ0v) is 20.0. The van der Waals surface area contributed by atoms with Crippen molar-refractivity contribution >= 4 is 24.6 Å². The molecule has 35 heavy (non-hydrogen) atoms. The van der Waals surface area contributed by atoms with Gasteiger partial charge in [-0.25, -0.2) is 4.57 Å². The van der Waals surface area contributed by atoms with Gasteiger partial charge in [0.1, 0.15) is 0 Å². The fourth-order valence-corrected chi connectivity index (χ4v) is 4.06. The summed E-state index contributed by atoms with van der Waals surface area (Å²) in [6.45, 7) is 0. The van der Waals surface area contributed by atoms with Crippen LogP contribution in [0.3, 0.4) is 0 Å². The molecule has 184 valence electrons. The Morgan fingerprint density at radius 1 is 0.886 bits per heavy atom. The summed E-state index contributed by atoms with van der Waals surface area (Å²) < 4.78 is 49.1. The summed E-state index contributed by atoms with van der Waals surface area (Å²) >= 11 is 0. The molecule has 0 radical (unpaired) electrons. The van der Waals surface area contributed by atoms with Crippen LogP contribution in [0.15, 0.2) is 51.5 Å². The second-order valence-electron chi connectivity index (χ2n) is 7.08. The number of carbonyl (C=O) groups is 1. The maximum atomic E-state index is 13.8. The zero-order valence-electron chi connectivity index (χ0n) is 19.1. The number of hydrogen-bond donors (Lipinski definition) is 2. The lowest BCUT2D eigenvalue weighted by molar-refractivity contribution is 0.103. The van der Waals surface area contributed by atoms with E-state index in [1.54, 1.807) is 12.1 Å². The van der Waals surface area contributed by atoms with Crippen LogP contribution in [-0.4, -0.2) is 44.0 Å². The fraction of sp³-hybridized carbons (Fsp3) is 0.174. The van der Waals surface area contributed by atoms with Crippen LogP contribution in [0.2, 0.25) is 0 Å². The second-order valence-corrected chi connectivity index (χ2v) is 8.25. The first-order valence-corrected chi connectivity index (χ1v) is 11.5. The van der Waals surface area contributed by atoms with E-state index < -0.39 is 13.6 Å². The molecule has 0 amide bonds. The molecule has 2 aromatic carbocycles. The summed E-state index contributed by atoms with van der Waals surface area (Å²) in [7, 11) is 0.576. The normalized spacial score (nSPS) is 11.4. The van der Waals surface area contributed by atoms with Crippen molar-refractivity contribution in [1.29, 1.82) is 0 Å². The highest BCUT2D eigenvalue weighted by atomic mass is 31.2. The van der Waals surface area contributed by atoms with E-state index in [-0.39, 0.29) is 56.6 Å². The van der Waals surface area contributed by atoms with Gasteiger partial charge in [-0.05, 0) is 36.4 Å². The number of rotatable bonds is 9. The highest BCUT2D eigenvalue weighted by molar-refractivity contribution is 7.46. The molecule has 4 rings (SSSR count). The minimum atomic E-state index is -5.01. The van der Waals surface area contributed by atoms with Gasteiger partial charge in [-0.1, -0.05) is 0 Å². The van der Waals surface area contributed by atoms with Gasteiger partial charge in [0.25, 0.3) is 0 Å². The van der Waals surface area contributed by atoms with E-state index in [9.17, 15) is 19.1 Å². The average Bonchev–Trinajstić information content (AvgIpc) is 3.50. The number of ketones is 1. The number of furan rings is 2. The van der Waals surface area contributed by atoms with E-state index in [4.69, 9.17) is 32.3 Å². The molecule has 0 saturated heterocycles. The van der Waals surface area contributed by atoms with E-state index in [0.29, 0.717) is 5.75 Å². The van der Waals surface area contributed by atoms with Gasteiger partial charge in [0, 0.05) is 10.9 Å². The van der Waals surface area contributed by atoms with Crippen LogP contribution in [-0.2, 0) is 4.57 Å². The van der Waals surface area contributed by atoms with Crippen LogP contribution in [0.25, 0.3) is 22.5 Å². The van der Waals surface area contributed by atoms with E-state index in [1.807, 2.05) is 0 Å². The van der Waals surface area contributed by atoms with Crippen molar-refractivity contribution in [2.24, 2.45) is 0 Å². The van der Waals surface area contributed by atoms with Crippen LogP contribution in [0.1, 0.15) is 15.9 Å². The third kappa shape index (κ3) is 4.44. The van der Waals surface area contributed by atoms with Gasteiger partial charge in [0.15, 0.2) is 40.1 Å². The fourth-order valence-electron chi connectivity index (χ4n) is 3.65. The number of phosphoric acid groups is 1. The van der Waals surface area contributed by atoms with Crippen LogP contribution in [0.4, 0.5) is 0 Å². The molecule has 0 saturated carbocycles. The number of methoxy groups -OCH3 is 4. The number of phosphoric ester groups is 1. The average molecular weight is 504 g/mol. The van der Waals surface area contributed by atoms with Crippen molar-refractivity contribution in [2.75, 3.05) is 28.4 Å². The van der Waals surface area contributed by atoms with Crippen molar-refractivity contribution in [2.45, 2.75) is 0 Å². The smallest absolute Gasteiger partial charge is 0.493 e. The zero-order chi connectivity index (χ0) is 25.3.